The maximum atomic E-state index is 11.6. The van der Waals surface area contributed by atoms with Crippen LogP contribution in [0.1, 0.15) is 6.92 Å². The molecule has 0 atom stereocenters. The maximum absolute atomic E-state index is 11.6. The number of nitrogens with zero attached hydrogens (tertiary/aromatic N) is 1. The van der Waals surface area contributed by atoms with Crippen molar-refractivity contribution in [2.45, 2.75) is 6.92 Å². The van der Waals surface area contributed by atoms with Crippen LogP contribution in [0.4, 0.5) is 4.79 Å². The van der Waals surface area contributed by atoms with Gasteiger partial charge in [0.25, 0.3) is 5.56 Å². The van der Waals surface area contributed by atoms with Gasteiger partial charge < -0.3 is 4.74 Å². The Morgan fingerprint density at radius 1 is 1.25 bits per heavy atom. The number of carbonyl (C=O) groups excluding carboxylic acids is 1. The Hall–Kier alpha value is -2.10. The van der Waals surface area contributed by atoms with Gasteiger partial charge in [0, 0.05) is 6.07 Å². The van der Waals surface area contributed by atoms with E-state index >= 15 is 0 Å². The van der Waals surface area contributed by atoms with Crippen LogP contribution in [0.2, 0.25) is 0 Å². The molecule has 2 aromatic rings. The molecule has 0 radical (unpaired) electrons. The van der Waals surface area contributed by atoms with Crippen LogP contribution in [0.3, 0.4) is 0 Å². The number of hydrogen-bond donors (Lipinski definition) is 0. The van der Waals surface area contributed by atoms with Crippen LogP contribution in [-0.2, 0) is 4.74 Å². The predicted octanol–water partition coefficient (Wildman–Crippen LogP) is 2.01. The smallest absolute Gasteiger partial charge is 0.421 e. The minimum absolute atomic E-state index is 0.245. The van der Waals surface area contributed by atoms with Crippen molar-refractivity contribution >= 4 is 17.0 Å². The molecule has 1 heterocycles. The van der Waals surface area contributed by atoms with Crippen molar-refractivity contribution in [2.75, 3.05) is 6.61 Å². The van der Waals surface area contributed by atoms with E-state index in [4.69, 9.17) is 4.74 Å². The molecule has 0 N–H and O–H groups in total. The highest BCUT2D eigenvalue weighted by Crippen LogP contribution is 2.10. The van der Waals surface area contributed by atoms with E-state index in [-0.39, 0.29) is 12.2 Å². The average molecular weight is 217 g/mol. The van der Waals surface area contributed by atoms with Gasteiger partial charge in [0.2, 0.25) is 0 Å². The molecule has 0 saturated carbocycles. The summed E-state index contributed by atoms with van der Waals surface area (Å²) in [5.41, 5.74) is 0.186. The number of benzene rings is 1. The Labute approximate surface area is 92.1 Å². The molecule has 0 amide bonds. The van der Waals surface area contributed by atoms with Crippen LogP contribution < -0.4 is 5.56 Å². The lowest BCUT2D eigenvalue weighted by Gasteiger charge is -2.07. The zero-order valence-electron chi connectivity index (χ0n) is 8.84. The Bertz CT molecular complexity index is 586. The summed E-state index contributed by atoms with van der Waals surface area (Å²) in [7, 11) is 0. The summed E-state index contributed by atoms with van der Waals surface area (Å²) in [5.74, 6) is 0. The second-order valence-electron chi connectivity index (χ2n) is 3.26. The third-order valence-corrected chi connectivity index (χ3v) is 2.25. The van der Waals surface area contributed by atoms with Crippen LogP contribution in [0.5, 0.6) is 0 Å². The van der Waals surface area contributed by atoms with Gasteiger partial charge in [0.1, 0.15) is 0 Å². The molecule has 1 aromatic heterocycles. The number of ether oxygens (including phenoxy) is 1. The summed E-state index contributed by atoms with van der Waals surface area (Å²) in [6, 6.07) is 10.2. The number of pyridine rings is 1. The van der Waals surface area contributed by atoms with E-state index in [0.717, 1.165) is 9.95 Å². The molecule has 4 heteroatoms. The van der Waals surface area contributed by atoms with Gasteiger partial charge in [-0.25, -0.2) is 9.36 Å². The largest absolute Gasteiger partial charge is 0.449 e. The fourth-order valence-corrected chi connectivity index (χ4v) is 1.56. The van der Waals surface area contributed by atoms with E-state index < -0.39 is 6.09 Å². The molecular formula is C12H11NO3. The maximum Gasteiger partial charge on any atom is 0.421 e. The summed E-state index contributed by atoms with van der Waals surface area (Å²) < 4.78 is 5.88. The topological polar surface area (TPSA) is 48.3 Å². The molecule has 0 fully saturated rings. The van der Waals surface area contributed by atoms with E-state index in [1.807, 2.05) is 12.1 Å². The molecule has 0 aliphatic rings. The lowest BCUT2D eigenvalue weighted by atomic mass is 10.2. The van der Waals surface area contributed by atoms with Crippen molar-refractivity contribution in [2.24, 2.45) is 0 Å². The third-order valence-electron chi connectivity index (χ3n) is 2.25. The number of carbonyl (C=O) groups is 1. The van der Waals surface area contributed by atoms with E-state index in [1.165, 1.54) is 6.07 Å². The molecule has 82 valence electrons. The Morgan fingerprint density at radius 3 is 2.75 bits per heavy atom. The SMILES string of the molecule is CCOC(=O)n1c(=O)ccc2ccccc21. The Balaban J connectivity index is 2.71. The van der Waals surface area contributed by atoms with Gasteiger partial charge in [0.15, 0.2) is 0 Å². The molecule has 4 nitrogen and oxygen atoms in total. The van der Waals surface area contributed by atoms with Crippen molar-refractivity contribution in [3.05, 3.63) is 46.8 Å². The summed E-state index contributed by atoms with van der Waals surface area (Å²) in [6.45, 7) is 1.95. The molecule has 0 spiro atoms. The minimum Gasteiger partial charge on any atom is -0.449 e. The summed E-state index contributed by atoms with van der Waals surface area (Å²) in [6.07, 6.45) is -0.635. The van der Waals surface area contributed by atoms with Gasteiger partial charge in [-0.1, -0.05) is 18.2 Å². The van der Waals surface area contributed by atoms with Gasteiger partial charge in [-0.15, -0.1) is 0 Å². The van der Waals surface area contributed by atoms with Gasteiger partial charge in [-0.3, -0.25) is 4.79 Å². The second kappa shape index (κ2) is 4.18. The van der Waals surface area contributed by atoms with Gasteiger partial charge in [0.05, 0.1) is 12.1 Å². The first-order chi connectivity index (χ1) is 7.74. The number of rotatable bonds is 1. The van der Waals surface area contributed by atoms with Crippen LogP contribution >= 0.6 is 0 Å². The van der Waals surface area contributed by atoms with Crippen molar-refractivity contribution < 1.29 is 9.53 Å². The molecule has 0 aliphatic carbocycles. The fraction of sp³-hybridized carbons (Fsp3) is 0.167. The number of para-hydroxylation sites is 1. The normalized spacial score (nSPS) is 10.3. The number of fused-ring (bicyclic) bond motifs is 1. The van der Waals surface area contributed by atoms with Crippen LogP contribution in [0.25, 0.3) is 10.9 Å². The van der Waals surface area contributed by atoms with Gasteiger partial charge in [-0.05, 0) is 24.4 Å². The second-order valence-corrected chi connectivity index (χ2v) is 3.26. The monoisotopic (exact) mass is 217 g/mol. The molecule has 2 rings (SSSR count). The molecule has 1 aromatic carbocycles. The molecule has 0 unspecified atom stereocenters. The van der Waals surface area contributed by atoms with Crippen molar-refractivity contribution in [1.29, 1.82) is 0 Å². The van der Waals surface area contributed by atoms with Crippen LogP contribution in [0, 0.1) is 0 Å². The minimum atomic E-state index is -0.635. The summed E-state index contributed by atoms with van der Waals surface area (Å²) in [5, 5.41) is 0.829. The van der Waals surface area contributed by atoms with Crippen molar-refractivity contribution in [3.8, 4) is 0 Å². The summed E-state index contributed by atoms with van der Waals surface area (Å²) >= 11 is 0. The predicted molar refractivity (Wildman–Crippen MR) is 60.6 cm³/mol. The van der Waals surface area contributed by atoms with Gasteiger partial charge in [-0.2, -0.15) is 0 Å². The van der Waals surface area contributed by atoms with Crippen molar-refractivity contribution in [3.63, 3.8) is 0 Å². The van der Waals surface area contributed by atoms with E-state index in [1.54, 1.807) is 25.1 Å². The Kier molecular flexibility index (Phi) is 2.72. The van der Waals surface area contributed by atoms with Crippen LogP contribution in [-0.4, -0.2) is 17.3 Å². The fourth-order valence-electron chi connectivity index (χ4n) is 1.56. The molecule has 0 saturated heterocycles. The molecule has 16 heavy (non-hydrogen) atoms. The number of aromatic nitrogens is 1. The van der Waals surface area contributed by atoms with Crippen molar-refractivity contribution in [1.82, 2.24) is 4.57 Å². The highest BCUT2D eigenvalue weighted by molar-refractivity contribution is 5.87. The zero-order chi connectivity index (χ0) is 11.5. The highest BCUT2D eigenvalue weighted by atomic mass is 16.5. The first-order valence-corrected chi connectivity index (χ1v) is 5.02. The lowest BCUT2D eigenvalue weighted by Crippen LogP contribution is -2.27. The van der Waals surface area contributed by atoms with E-state index in [9.17, 15) is 9.59 Å². The molecule has 0 aliphatic heterocycles. The quantitative estimate of drug-likeness (QED) is 0.734. The number of hydrogen-bond acceptors (Lipinski definition) is 3. The van der Waals surface area contributed by atoms with E-state index in [2.05, 4.69) is 0 Å². The van der Waals surface area contributed by atoms with Crippen LogP contribution in [0.15, 0.2) is 41.2 Å². The molecule has 0 bridgehead atoms. The van der Waals surface area contributed by atoms with E-state index in [0.29, 0.717) is 5.52 Å². The lowest BCUT2D eigenvalue weighted by molar-refractivity contribution is 0.154. The first-order valence-electron chi connectivity index (χ1n) is 5.02. The molecular weight excluding hydrogens is 206 g/mol. The standard InChI is InChI=1S/C12H11NO3/c1-2-16-12(15)13-10-6-4-3-5-9(10)7-8-11(13)14/h3-8H,2H2,1H3. The first kappa shape index (κ1) is 10.4. The Morgan fingerprint density at radius 2 is 2.00 bits per heavy atom. The summed E-state index contributed by atoms with van der Waals surface area (Å²) in [4.78, 5) is 23.2. The van der Waals surface area contributed by atoms with Gasteiger partial charge >= 0.3 is 6.09 Å². The zero-order valence-corrected chi connectivity index (χ0v) is 8.84. The average Bonchev–Trinajstić information content (AvgIpc) is 2.29. The third kappa shape index (κ3) is 1.69. The highest BCUT2D eigenvalue weighted by Gasteiger charge is 2.10.